The molecule has 2 aromatic rings. The monoisotopic (exact) mass is 538 g/mol. The van der Waals surface area contributed by atoms with Gasteiger partial charge in [0.05, 0.1) is 10.2 Å². The maximum atomic E-state index is 13.8. The number of benzene rings is 2. The van der Waals surface area contributed by atoms with E-state index in [0.717, 1.165) is 61.5 Å². The Labute approximate surface area is 228 Å². The van der Waals surface area contributed by atoms with E-state index in [-0.39, 0.29) is 11.1 Å². The predicted octanol–water partition coefficient (Wildman–Crippen LogP) is 1.03. The number of likely N-dealkylation sites (tertiary alicyclic amines) is 1. The fraction of sp³-hybridized carbons (Fsp3) is 0.500. The van der Waals surface area contributed by atoms with Crippen LogP contribution in [0.3, 0.4) is 0 Å². The Morgan fingerprint density at radius 3 is 2.22 bits per heavy atom. The van der Waals surface area contributed by atoms with Crippen molar-refractivity contribution in [3.63, 3.8) is 0 Å². The molecular formula is C26H34B3ClN2O4S. The minimum atomic E-state index is -3.15. The summed E-state index contributed by atoms with van der Waals surface area (Å²) in [6.45, 7) is 2.93. The minimum absolute atomic E-state index is 0.187. The number of sulfone groups is 1. The zero-order valence-corrected chi connectivity index (χ0v) is 23.8. The van der Waals surface area contributed by atoms with E-state index >= 15 is 0 Å². The van der Waals surface area contributed by atoms with Crippen LogP contribution in [-0.2, 0) is 24.8 Å². The number of rotatable bonds is 7. The molecule has 11 heteroatoms. The van der Waals surface area contributed by atoms with E-state index < -0.39 is 20.0 Å². The molecule has 1 spiro atoms. The summed E-state index contributed by atoms with van der Waals surface area (Å²) in [7, 11) is 3.08. The number of hydrogen-bond donors (Lipinski definition) is 0. The number of ether oxygens (including phenoxy) is 1. The fourth-order valence-electron chi connectivity index (χ4n) is 6.35. The van der Waals surface area contributed by atoms with Gasteiger partial charge in [0, 0.05) is 23.5 Å². The van der Waals surface area contributed by atoms with Gasteiger partial charge in [-0.05, 0) is 91.9 Å². The molecule has 37 heavy (non-hydrogen) atoms. The number of amides is 1. The third kappa shape index (κ3) is 4.53. The van der Waals surface area contributed by atoms with E-state index in [9.17, 15) is 13.2 Å². The molecule has 0 N–H and O–H groups in total. The van der Waals surface area contributed by atoms with Gasteiger partial charge in [-0.2, -0.15) is 0 Å². The standard InChI is InChI=1S/C26H34B3ClN2O4S/c1-37(34,35)25(9-2-10-25)18-3-6-20(7-4-18)36-16-15-31-13-11-24(12-14-31)21-17-19(30)5-8-22(21)32(23(24)33)26(27,28)29/h3-8,17H,2,9-16,27-29H2,1H3. The first-order valence-electron chi connectivity index (χ1n) is 13.2. The second-order valence-corrected chi connectivity index (χ2v) is 14.7. The van der Waals surface area contributed by atoms with E-state index in [4.69, 9.17) is 16.3 Å². The maximum Gasteiger partial charge on any atom is 0.236 e. The number of hydrogen-bond acceptors (Lipinski definition) is 5. The molecule has 3 aliphatic rings. The molecule has 2 aliphatic heterocycles. The van der Waals surface area contributed by atoms with Crippen molar-refractivity contribution < 1.29 is 17.9 Å². The van der Waals surface area contributed by atoms with Crippen LogP contribution in [0, 0.1) is 0 Å². The largest absolute Gasteiger partial charge is 0.492 e. The molecule has 1 aliphatic carbocycles. The Morgan fingerprint density at radius 1 is 1.03 bits per heavy atom. The molecule has 0 unspecified atom stereocenters. The Kier molecular flexibility index (Phi) is 6.77. The molecule has 6 nitrogen and oxygen atoms in total. The molecule has 1 amide bonds. The lowest BCUT2D eigenvalue weighted by molar-refractivity contribution is -0.125. The molecule has 2 heterocycles. The molecule has 1 saturated carbocycles. The van der Waals surface area contributed by atoms with Crippen molar-refractivity contribution in [3.8, 4) is 5.75 Å². The van der Waals surface area contributed by atoms with Gasteiger partial charge in [-0.15, -0.1) is 0 Å². The highest BCUT2D eigenvalue weighted by Gasteiger charge is 2.54. The summed E-state index contributed by atoms with van der Waals surface area (Å²) < 4.78 is 30.0. The Balaban J connectivity index is 1.20. The van der Waals surface area contributed by atoms with Gasteiger partial charge in [0.1, 0.15) is 35.9 Å². The van der Waals surface area contributed by atoms with Crippen molar-refractivity contribution in [3.05, 3.63) is 58.6 Å². The summed E-state index contributed by atoms with van der Waals surface area (Å²) in [6.07, 6.45) is 5.18. The first-order valence-corrected chi connectivity index (χ1v) is 15.4. The maximum absolute atomic E-state index is 13.8. The average Bonchev–Trinajstić information content (AvgIpc) is 3.02. The van der Waals surface area contributed by atoms with Crippen molar-refractivity contribution in [2.24, 2.45) is 0 Å². The van der Waals surface area contributed by atoms with Crippen molar-refractivity contribution in [1.82, 2.24) is 4.90 Å². The summed E-state index contributed by atoms with van der Waals surface area (Å²) >= 11 is 6.37. The quantitative estimate of drug-likeness (QED) is 0.493. The van der Waals surface area contributed by atoms with E-state index in [1.807, 2.05) is 47.4 Å². The Bertz CT molecular complexity index is 1300. The summed E-state index contributed by atoms with van der Waals surface area (Å²) in [6, 6.07) is 13.4. The predicted molar refractivity (Wildman–Crippen MR) is 157 cm³/mol. The van der Waals surface area contributed by atoms with Gasteiger partial charge in [0.2, 0.25) is 5.91 Å². The number of nitrogens with zero attached hydrogens (tertiary/aromatic N) is 2. The van der Waals surface area contributed by atoms with Crippen LogP contribution in [0.1, 0.15) is 43.2 Å². The zero-order valence-electron chi connectivity index (χ0n) is 22.2. The number of carbonyl (C=O) groups excluding carboxylic acids is 1. The molecule has 0 atom stereocenters. The molecule has 2 aromatic carbocycles. The van der Waals surface area contributed by atoms with Crippen LogP contribution in [0.5, 0.6) is 5.75 Å². The van der Waals surface area contributed by atoms with Crippen LogP contribution in [0.2, 0.25) is 5.02 Å². The van der Waals surface area contributed by atoms with Crippen molar-refractivity contribution >= 4 is 56.6 Å². The lowest BCUT2D eigenvalue weighted by atomic mass is 9.48. The van der Waals surface area contributed by atoms with Crippen LogP contribution in [0.4, 0.5) is 5.69 Å². The second-order valence-electron chi connectivity index (χ2n) is 11.9. The first-order chi connectivity index (χ1) is 17.4. The smallest absolute Gasteiger partial charge is 0.236 e. The molecule has 0 bridgehead atoms. The van der Waals surface area contributed by atoms with Gasteiger partial charge in [0.15, 0.2) is 9.84 Å². The highest BCUT2D eigenvalue weighted by Crippen LogP contribution is 2.50. The fourth-order valence-corrected chi connectivity index (χ4v) is 8.12. The number of piperidine rings is 1. The van der Waals surface area contributed by atoms with Gasteiger partial charge in [-0.25, -0.2) is 8.42 Å². The third-order valence-corrected chi connectivity index (χ3v) is 10.9. The van der Waals surface area contributed by atoms with Crippen molar-refractivity contribution in [2.45, 2.75) is 47.5 Å². The van der Waals surface area contributed by atoms with Crippen LogP contribution in [-0.4, -0.2) is 80.5 Å². The zero-order chi connectivity index (χ0) is 26.6. The number of halogens is 1. The SMILES string of the molecule is BC(B)(B)N1C(=O)C2(CCN(CCOc3ccc(C4(S(C)(=O)=O)CCC4)cc3)CC2)c2cc(Cl)ccc21. The van der Waals surface area contributed by atoms with Crippen LogP contribution in [0.25, 0.3) is 0 Å². The Morgan fingerprint density at radius 2 is 1.68 bits per heavy atom. The van der Waals surface area contributed by atoms with Crippen LogP contribution in [0.15, 0.2) is 42.5 Å². The number of fused-ring (bicyclic) bond motifs is 2. The summed E-state index contributed by atoms with van der Waals surface area (Å²) in [5, 5.41) is 0.367. The second kappa shape index (κ2) is 9.39. The van der Waals surface area contributed by atoms with E-state index in [0.29, 0.717) is 24.5 Å². The Hall–Kier alpha value is -1.90. The van der Waals surface area contributed by atoms with Gasteiger partial charge in [-0.1, -0.05) is 23.7 Å². The van der Waals surface area contributed by atoms with Crippen LogP contribution >= 0.6 is 11.6 Å². The van der Waals surface area contributed by atoms with E-state index in [2.05, 4.69) is 28.4 Å². The minimum Gasteiger partial charge on any atom is -0.492 e. The average molecular weight is 539 g/mol. The summed E-state index contributed by atoms with van der Waals surface area (Å²) in [5.41, 5.74) is 2.40. The highest BCUT2D eigenvalue weighted by molar-refractivity contribution is 7.91. The lowest BCUT2D eigenvalue weighted by Crippen LogP contribution is -2.57. The normalized spacial score (nSPS) is 21.0. The van der Waals surface area contributed by atoms with Crippen LogP contribution < -0.4 is 9.64 Å². The van der Waals surface area contributed by atoms with Crippen molar-refractivity contribution in [2.75, 3.05) is 37.4 Å². The first kappa shape index (κ1) is 26.7. The topological polar surface area (TPSA) is 66.9 Å². The van der Waals surface area contributed by atoms with Gasteiger partial charge in [0.25, 0.3) is 0 Å². The molecular weight excluding hydrogens is 504 g/mol. The molecule has 2 fully saturated rings. The van der Waals surface area contributed by atoms with Gasteiger partial charge >= 0.3 is 0 Å². The molecule has 1 saturated heterocycles. The van der Waals surface area contributed by atoms with E-state index in [1.54, 1.807) is 0 Å². The third-order valence-electron chi connectivity index (χ3n) is 8.64. The molecule has 0 aromatic heterocycles. The lowest BCUT2D eigenvalue weighted by Gasteiger charge is -2.40. The summed E-state index contributed by atoms with van der Waals surface area (Å²) in [5.74, 6) is 0.933. The molecule has 0 radical (unpaired) electrons. The molecule has 5 rings (SSSR count). The van der Waals surface area contributed by atoms with Gasteiger partial charge in [-0.3, -0.25) is 9.69 Å². The van der Waals surface area contributed by atoms with E-state index in [1.165, 1.54) is 6.26 Å². The van der Waals surface area contributed by atoms with Gasteiger partial charge < -0.3 is 9.64 Å². The summed E-state index contributed by atoms with van der Waals surface area (Å²) in [4.78, 5) is 18.1. The molecule has 194 valence electrons. The number of anilines is 1. The highest BCUT2D eigenvalue weighted by atomic mass is 35.5. The van der Waals surface area contributed by atoms with Crippen molar-refractivity contribution in [1.29, 1.82) is 0 Å². The number of carbonyl (C=O) groups is 1.